The molecule has 4 saturated carbocycles. The predicted octanol–water partition coefficient (Wildman–Crippen LogP) is 4.67. The highest BCUT2D eigenvalue weighted by molar-refractivity contribution is 5.96. The number of aliphatic hydroxyl groups is 1. The molecule has 8 atom stereocenters. The Kier molecular flexibility index (Phi) is 3.76. The van der Waals surface area contributed by atoms with Crippen LogP contribution < -0.4 is 0 Å². The zero-order valence-corrected chi connectivity index (χ0v) is 16.9. The minimum absolute atomic E-state index is 0.156. The average molecular weight is 384 g/mol. The second kappa shape index (κ2) is 5.95. The molecule has 152 valence electrons. The van der Waals surface area contributed by atoms with Gasteiger partial charge in [0.25, 0.3) is 0 Å². The van der Waals surface area contributed by atoms with Crippen LogP contribution in [0.1, 0.15) is 64.7 Å². The molecule has 0 radical (unpaired) electrons. The summed E-state index contributed by atoms with van der Waals surface area (Å²) in [6.07, 6.45) is 16.5. The lowest BCUT2D eigenvalue weighted by atomic mass is 9.47. The molecule has 4 fully saturated rings. The lowest BCUT2D eigenvalue weighted by Gasteiger charge is -2.58. The maximum absolute atomic E-state index is 10.1. The third kappa shape index (κ3) is 2.28. The summed E-state index contributed by atoms with van der Waals surface area (Å²) in [5, 5.41) is 22.9. The van der Waals surface area contributed by atoms with Gasteiger partial charge in [0.1, 0.15) is 0 Å². The molecule has 4 heteroatoms. The zero-order valence-electron chi connectivity index (χ0n) is 16.9. The zero-order chi connectivity index (χ0) is 19.1. The molecule has 0 bridgehead atoms. The van der Waals surface area contributed by atoms with Gasteiger partial charge >= 0.3 is 0 Å². The van der Waals surface area contributed by atoms with E-state index in [0.29, 0.717) is 11.8 Å². The van der Waals surface area contributed by atoms with Gasteiger partial charge in [-0.2, -0.15) is 0 Å². The van der Waals surface area contributed by atoms with Crippen LogP contribution in [0.3, 0.4) is 0 Å². The van der Waals surface area contributed by atoms with Crippen molar-refractivity contribution in [1.29, 1.82) is 0 Å². The Morgan fingerprint density at radius 3 is 2.68 bits per heavy atom. The molecule has 2 N–H and O–H groups in total. The maximum Gasteiger partial charge on any atom is 0.175 e. The fourth-order valence-corrected chi connectivity index (χ4v) is 8.42. The first-order valence-electron chi connectivity index (χ1n) is 11.5. The van der Waals surface area contributed by atoms with Crippen molar-refractivity contribution >= 4 is 5.71 Å². The highest BCUT2D eigenvalue weighted by Gasteiger charge is 2.66. The van der Waals surface area contributed by atoms with Gasteiger partial charge in [0.15, 0.2) is 6.29 Å². The molecule has 0 aromatic heterocycles. The van der Waals surface area contributed by atoms with Crippen molar-refractivity contribution in [2.24, 2.45) is 46.1 Å². The first-order valence-corrected chi connectivity index (χ1v) is 11.5. The van der Waals surface area contributed by atoms with Gasteiger partial charge in [0.05, 0.1) is 11.3 Å². The first kappa shape index (κ1) is 17.7. The highest BCUT2D eigenvalue weighted by Crippen LogP contribution is 2.69. The number of fused-ring (bicyclic) bond motifs is 6. The van der Waals surface area contributed by atoms with Gasteiger partial charge in [-0.3, -0.25) is 0 Å². The molecule has 28 heavy (non-hydrogen) atoms. The third-order valence-electron chi connectivity index (χ3n) is 9.81. The molecule has 1 spiro atoms. The van der Waals surface area contributed by atoms with Gasteiger partial charge in [0, 0.05) is 5.41 Å². The number of ether oxygens (including phenoxy) is 1. The Balaban J connectivity index is 1.38. The van der Waals surface area contributed by atoms with E-state index >= 15 is 0 Å². The minimum atomic E-state index is -0.719. The van der Waals surface area contributed by atoms with Crippen LogP contribution in [0.25, 0.3) is 0 Å². The second-order valence-corrected chi connectivity index (χ2v) is 10.8. The largest absolute Gasteiger partial charge is 0.411 e. The van der Waals surface area contributed by atoms with Crippen LogP contribution in [0.4, 0.5) is 0 Å². The number of hydrogen-bond acceptors (Lipinski definition) is 4. The fourth-order valence-electron chi connectivity index (χ4n) is 8.42. The minimum Gasteiger partial charge on any atom is -0.411 e. The molecule has 5 aliphatic carbocycles. The maximum atomic E-state index is 10.1. The quantitative estimate of drug-likeness (QED) is 0.393. The lowest BCUT2D eigenvalue weighted by molar-refractivity contribution is -0.184. The normalized spacial score (nSPS) is 53.8. The summed E-state index contributed by atoms with van der Waals surface area (Å²) in [4.78, 5) is 0. The molecule has 0 amide bonds. The number of oxime groups is 1. The lowest BCUT2D eigenvalue weighted by Crippen LogP contribution is -2.54. The smallest absolute Gasteiger partial charge is 0.175 e. The second-order valence-electron chi connectivity index (χ2n) is 10.8. The molecule has 6 rings (SSSR count). The predicted molar refractivity (Wildman–Crippen MR) is 107 cm³/mol. The summed E-state index contributed by atoms with van der Waals surface area (Å²) in [5.74, 6) is 4.68. The Bertz CT molecular complexity index is 768. The number of nitrogens with zero attached hydrogens (tertiary/aromatic N) is 1. The summed E-state index contributed by atoms with van der Waals surface area (Å²) in [7, 11) is 0. The molecule has 0 saturated heterocycles. The molecule has 4 nitrogen and oxygen atoms in total. The number of allylic oxidation sites excluding steroid dienone is 2. The van der Waals surface area contributed by atoms with Crippen molar-refractivity contribution in [3.05, 3.63) is 23.8 Å². The number of hydrogen-bond donors (Lipinski definition) is 2. The van der Waals surface area contributed by atoms with Crippen LogP contribution in [0.5, 0.6) is 0 Å². The summed E-state index contributed by atoms with van der Waals surface area (Å²) in [6.45, 7) is 2.47. The summed E-state index contributed by atoms with van der Waals surface area (Å²) < 4.78 is 6.20. The Hall–Kier alpha value is -1.13. The van der Waals surface area contributed by atoms with E-state index in [2.05, 4.69) is 24.2 Å². The van der Waals surface area contributed by atoms with E-state index in [0.717, 1.165) is 48.6 Å². The Labute approximate surface area is 167 Å². The third-order valence-corrected chi connectivity index (χ3v) is 9.81. The van der Waals surface area contributed by atoms with E-state index in [1.807, 2.05) is 6.08 Å². The molecule has 5 unspecified atom stereocenters. The van der Waals surface area contributed by atoms with Crippen molar-refractivity contribution in [2.75, 3.05) is 0 Å². The highest BCUT2D eigenvalue weighted by atomic mass is 16.6. The molecular formula is C24H33NO3. The van der Waals surface area contributed by atoms with Crippen molar-refractivity contribution in [3.8, 4) is 0 Å². The van der Waals surface area contributed by atoms with E-state index < -0.39 is 6.29 Å². The van der Waals surface area contributed by atoms with Crippen molar-refractivity contribution < 1.29 is 15.1 Å². The van der Waals surface area contributed by atoms with Crippen LogP contribution >= 0.6 is 0 Å². The van der Waals surface area contributed by atoms with E-state index in [1.165, 1.54) is 38.5 Å². The average Bonchev–Trinajstić information content (AvgIpc) is 3.42. The Morgan fingerprint density at radius 1 is 1.11 bits per heavy atom. The summed E-state index contributed by atoms with van der Waals surface area (Å²) in [5.41, 5.74) is 2.39. The monoisotopic (exact) mass is 383 g/mol. The molecule has 6 aliphatic rings. The molecular weight excluding hydrogens is 350 g/mol. The standard InChI is InChI=1S/C24H33NO3/c1-23-9-6-18-17-5-4-16(25-27)12-15(17)13-19(14-2-3-14)22(18)20(23)7-10-24(23)11-8-21(26)28-24/h8,11-12,14,17-22,26-27H,2-7,9-10,13H2,1H3/b25-16+/t17-,18?,19?,20?,21?,22?,23-,24+/m0/s1. The van der Waals surface area contributed by atoms with Crippen LogP contribution in [0.15, 0.2) is 29.0 Å². The summed E-state index contributed by atoms with van der Waals surface area (Å²) in [6, 6.07) is 0. The van der Waals surface area contributed by atoms with Crippen LogP contribution in [-0.4, -0.2) is 27.9 Å². The molecule has 1 heterocycles. The van der Waals surface area contributed by atoms with E-state index in [9.17, 15) is 10.3 Å². The number of rotatable bonds is 1. The van der Waals surface area contributed by atoms with Gasteiger partial charge in [-0.15, -0.1) is 0 Å². The van der Waals surface area contributed by atoms with Crippen molar-refractivity contribution in [3.63, 3.8) is 0 Å². The van der Waals surface area contributed by atoms with Gasteiger partial charge in [-0.05, 0) is 105 Å². The van der Waals surface area contributed by atoms with E-state index in [4.69, 9.17) is 4.74 Å². The van der Waals surface area contributed by atoms with E-state index in [-0.39, 0.29) is 11.0 Å². The fraction of sp³-hybridized carbons (Fsp3) is 0.792. The van der Waals surface area contributed by atoms with Gasteiger partial charge in [-0.25, -0.2) is 0 Å². The van der Waals surface area contributed by atoms with Crippen LogP contribution in [0.2, 0.25) is 0 Å². The number of aliphatic hydroxyl groups excluding tert-OH is 1. The Morgan fingerprint density at radius 2 is 1.96 bits per heavy atom. The van der Waals surface area contributed by atoms with Crippen molar-refractivity contribution in [2.45, 2.75) is 76.6 Å². The SMILES string of the molecule is C[C@]12CCC3C(C(C4CC4)CC4=C/C(=N/O)CC[C@@H]43)C1CC[C@@]21C=CC(O)O1. The van der Waals surface area contributed by atoms with E-state index in [1.54, 1.807) is 5.57 Å². The topological polar surface area (TPSA) is 62.1 Å². The molecule has 0 aromatic carbocycles. The molecule has 1 aliphatic heterocycles. The summed E-state index contributed by atoms with van der Waals surface area (Å²) >= 11 is 0. The molecule has 0 aromatic rings. The van der Waals surface area contributed by atoms with Crippen molar-refractivity contribution in [1.82, 2.24) is 0 Å². The van der Waals surface area contributed by atoms with Crippen LogP contribution in [0, 0.1) is 40.9 Å². The van der Waals surface area contributed by atoms with Gasteiger partial charge in [-0.1, -0.05) is 23.7 Å². The van der Waals surface area contributed by atoms with Gasteiger partial charge < -0.3 is 15.1 Å². The first-order chi connectivity index (χ1) is 13.5. The van der Waals surface area contributed by atoms with Crippen LogP contribution in [-0.2, 0) is 4.74 Å². The van der Waals surface area contributed by atoms with Gasteiger partial charge in [0.2, 0.25) is 0 Å².